The van der Waals surface area contributed by atoms with Crippen LogP contribution < -0.4 is 10.1 Å². The van der Waals surface area contributed by atoms with E-state index in [9.17, 15) is 0 Å². The minimum atomic E-state index is 0.101. The first-order chi connectivity index (χ1) is 8.70. The average Bonchev–Trinajstić information content (AvgIpc) is 2.42. The maximum atomic E-state index is 5.23. The van der Waals surface area contributed by atoms with Gasteiger partial charge in [-0.2, -0.15) is 0 Å². The van der Waals surface area contributed by atoms with E-state index in [-0.39, 0.29) is 6.04 Å². The van der Waals surface area contributed by atoms with Crippen molar-refractivity contribution in [2.45, 2.75) is 19.9 Å². The van der Waals surface area contributed by atoms with E-state index < -0.39 is 0 Å². The molecule has 2 rings (SSSR count). The summed E-state index contributed by atoms with van der Waals surface area (Å²) >= 11 is 0. The highest BCUT2D eigenvalue weighted by atomic mass is 16.5. The van der Waals surface area contributed by atoms with Gasteiger partial charge in [-0.15, -0.1) is 0 Å². The number of anilines is 1. The van der Waals surface area contributed by atoms with Gasteiger partial charge in [-0.25, -0.2) is 0 Å². The van der Waals surface area contributed by atoms with Gasteiger partial charge in [-0.05, 0) is 25.5 Å². The third-order valence-corrected chi connectivity index (χ3v) is 2.84. The summed E-state index contributed by atoms with van der Waals surface area (Å²) in [5, 5.41) is 3.42. The lowest BCUT2D eigenvalue weighted by Crippen LogP contribution is -2.09. The Bertz CT molecular complexity index is 514. The molecule has 1 unspecified atom stereocenters. The Morgan fingerprint density at radius 2 is 2.11 bits per heavy atom. The molecular formula is C14H17N3O. The van der Waals surface area contributed by atoms with E-state index in [1.54, 1.807) is 25.7 Å². The number of aryl methyl sites for hydroxylation is 1. The van der Waals surface area contributed by atoms with E-state index >= 15 is 0 Å². The topological polar surface area (TPSA) is 47.0 Å². The Labute approximate surface area is 107 Å². The number of benzene rings is 1. The summed E-state index contributed by atoms with van der Waals surface area (Å²) in [6.45, 7) is 4.12. The zero-order valence-corrected chi connectivity index (χ0v) is 10.8. The summed E-state index contributed by atoms with van der Waals surface area (Å²) < 4.78 is 5.23. The van der Waals surface area contributed by atoms with Crippen LogP contribution in [0.1, 0.15) is 24.2 Å². The molecule has 0 radical (unpaired) electrons. The van der Waals surface area contributed by atoms with Crippen molar-refractivity contribution in [3.8, 4) is 5.75 Å². The van der Waals surface area contributed by atoms with Gasteiger partial charge in [0, 0.05) is 24.1 Å². The number of methoxy groups -OCH3 is 1. The molecule has 2 aromatic rings. The molecule has 0 fully saturated rings. The van der Waals surface area contributed by atoms with Crippen LogP contribution in [0, 0.1) is 6.92 Å². The molecule has 18 heavy (non-hydrogen) atoms. The van der Waals surface area contributed by atoms with Crippen LogP contribution in [0.4, 0.5) is 5.69 Å². The first-order valence-corrected chi connectivity index (χ1v) is 5.88. The smallest absolute Gasteiger partial charge is 0.120 e. The highest BCUT2D eigenvalue weighted by Gasteiger charge is 2.08. The lowest BCUT2D eigenvalue weighted by atomic mass is 10.1. The Hall–Kier alpha value is -2.10. The van der Waals surface area contributed by atoms with Crippen LogP contribution in [0.15, 0.2) is 36.8 Å². The van der Waals surface area contributed by atoms with E-state index in [4.69, 9.17) is 4.74 Å². The van der Waals surface area contributed by atoms with Crippen molar-refractivity contribution in [1.82, 2.24) is 9.97 Å². The van der Waals surface area contributed by atoms with Gasteiger partial charge >= 0.3 is 0 Å². The zero-order chi connectivity index (χ0) is 13.0. The van der Waals surface area contributed by atoms with Crippen LogP contribution in [-0.2, 0) is 0 Å². The number of hydrogen-bond donors (Lipinski definition) is 1. The van der Waals surface area contributed by atoms with Crippen molar-refractivity contribution in [3.05, 3.63) is 48.0 Å². The molecule has 94 valence electrons. The molecule has 1 atom stereocenters. The second kappa shape index (κ2) is 5.49. The summed E-state index contributed by atoms with van der Waals surface area (Å²) in [5.74, 6) is 0.842. The highest BCUT2D eigenvalue weighted by molar-refractivity contribution is 5.55. The largest absolute Gasteiger partial charge is 0.497 e. The lowest BCUT2D eigenvalue weighted by molar-refractivity contribution is 0.415. The van der Waals surface area contributed by atoms with Crippen LogP contribution in [0.2, 0.25) is 0 Å². The van der Waals surface area contributed by atoms with Crippen LogP contribution >= 0.6 is 0 Å². The molecule has 0 saturated carbocycles. The predicted molar refractivity (Wildman–Crippen MR) is 71.8 cm³/mol. The van der Waals surface area contributed by atoms with Gasteiger partial charge in [0.25, 0.3) is 0 Å². The number of rotatable bonds is 4. The summed E-state index contributed by atoms with van der Waals surface area (Å²) in [6.07, 6.45) is 5.14. The molecular weight excluding hydrogens is 226 g/mol. The standard InChI is InChI=1S/C14H17N3O/c1-10-4-5-12(18-3)8-13(10)17-11(2)14-9-15-6-7-16-14/h4-9,11,17H,1-3H3. The quantitative estimate of drug-likeness (QED) is 0.896. The average molecular weight is 243 g/mol. The maximum absolute atomic E-state index is 5.23. The molecule has 1 aromatic heterocycles. The Morgan fingerprint density at radius 1 is 1.28 bits per heavy atom. The number of ether oxygens (including phenoxy) is 1. The monoisotopic (exact) mass is 243 g/mol. The van der Waals surface area contributed by atoms with Crippen LogP contribution in [0.25, 0.3) is 0 Å². The molecule has 4 nitrogen and oxygen atoms in total. The van der Waals surface area contributed by atoms with Crippen LogP contribution in [0.3, 0.4) is 0 Å². The normalized spacial score (nSPS) is 11.9. The van der Waals surface area contributed by atoms with E-state index in [2.05, 4.69) is 29.1 Å². The van der Waals surface area contributed by atoms with E-state index in [0.29, 0.717) is 0 Å². The summed E-state index contributed by atoms with van der Waals surface area (Å²) in [7, 11) is 1.67. The number of aromatic nitrogens is 2. The van der Waals surface area contributed by atoms with Crippen molar-refractivity contribution in [3.63, 3.8) is 0 Å². The molecule has 0 aliphatic carbocycles. The third-order valence-electron chi connectivity index (χ3n) is 2.84. The van der Waals surface area contributed by atoms with Gasteiger partial charge in [0.05, 0.1) is 25.0 Å². The molecule has 1 N–H and O–H groups in total. The third kappa shape index (κ3) is 2.77. The van der Waals surface area contributed by atoms with Gasteiger partial charge < -0.3 is 10.1 Å². The van der Waals surface area contributed by atoms with Crippen molar-refractivity contribution >= 4 is 5.69 Å². The predicted octanol–water partition coefficient (Wildman–Crippen LogP) is 2.97. The van der Waals surface area contributed by atoms with Crippen LogP contribution in [-0.4, -0.2) is 17.1 Å². The molecule has 0 bridgehead atoms. The fraction of sp³-hybridized carbons (Fsp3) is 0.286. The first kappa shape index (κ1) is 12.4. The molecule has 1 aromatic carbocycles. The SMILES string of the molecule is COc1ccc(C)c(NC(C)c2cnccn2)c1. The number of nitrogens with zero attached hydrogens (tertiary/aromatic N) is 2. The van der Waals surface area contributed by atoms with Gasteiger partial charge in [0.2, 0.25) is 0 Å². The molecule has 0 aliphatic rings. The molecule has 0 saturated heterocycles. The minimum Gasteiger partial charge on any atom is -0.497 e. The summed E-state index contributed by atoms with van der Waals surface area (Å²) in [5.41, 5.74) is 3.14. The van der Waals surface area contributed by atoms with Crippen molar-refractivity contribution in [1.29, 1.82) is 0 Å². The second-order valence-electron chi connectivity index (χ2n) is 4.18. The first-order valence-electron chi connectivity index (χ1n) is 5.88. The molecule has 4 heteroatoms. The Kier molecular flexibility index (Phi) is 3.77. The van der Waals surface area contributed by atoms with Gasteiger partial charge in [-0.1, -0.05) is 6.07 Å². The van der Waals surface area contributed by atoms with Gasteiger partial charge in [-0.3, -0.25) is 9.97 Å². The molecule has 0 amide bonds. The maximum Gasteiger partial charge on any atom is 0.120 e. The number of hydrogen-bond acceptors (Lipinski definition) is 4. The summed E-state index contributed by atoms with van der Waals surface area (Å²) in [4.78, 5) is 8.37. The molecule has 0 aliphatic heterocycles. The minimum absolute atomic E-state index is 0.101. The molecule has 1 heterocycles. The fourth-order valence-electron chi connectivity index (χ4n) is 1.73. The second-order valence-corrected chi connectivity index (χ2v) is 4.18. The highest BCUT2D eigenvalue weighted by Crippen LogP contribution is 2.25. The van der Waals surface area contributed by atoms with Gasteiger partial charge in [0.15, 0.2) is 0 Å². The van der Waals surface area contributed by atoms with Crippen molar-refractivity contribution < 1.29 is 4.74 Å². The number of nitrogens with one attached hydrogen (secondary N) is 1. The van der Waals surface area contributed by atoms with Crippen molar-refractivity contribution in [2.24, 2.45) is 0 Å². The van der Waals surface area contributed by atoms with E-state index in [1.165, 1.54) is 5.56 Å². The van der Waals surface area contributed by atoms with E-state index in [1.807, 2.05) is 18.2 Å². The van der Waals surface area contributed by atoms with Gasteiger partial charge in [0.1, 0.15) is 5.75 Å². The zero-order valence-electron chi connectivity index (χ0n) is 10.8. The van der Waals surface area contributed by atoms with Crippen LogP contribution in [0.5, 0.6) is 5.75 Å². The fourth-order valence-corrected chi connectivity index (χ4v) is 1.73. The lowest BCUT2D eigenvalue weighted by Gasteiger charge is -2.17. The van der Waals surface area contributed by atoms with E-state index in [0.717, 1.165) is 17.1 Å². The van der Waals surface area contributed by atoms with Crippen molar-refractivity contribution in [2.75, 3.05) is 12.4 Å². The Morgan fingerprint density at radius 3 is 2.78 bits per heavy atom. The molecule has 0 spiro atoms. The Balaban J connectivity index is 2.18. The summed E-state index contributed by atoms with van der Waals surface area (Å²) in [6, 6.07) is 6.07.